The second kappa shape index (κ2) is 7.56. The predicted molar refractivity (Wildman–Crippen MR) is 87.8 cm³/mol. The number of benzene rings is 2. The molecule has 0 radical (unpaired) electrons. The Kier molecular flexibility index (Phi) is 5.20. The number of hydrogen-bond donors (Lipinski definition) is 2. The second-order valence-corrected chi connectivity index (χ2v) is 5.78. The van der Waals surface area contributed by atoms with Crippen molar-refractivity contribution in [3.05, 3.63) is 59.7 Å². The van der Waals surface area contributed by atoms with Crippen LogP contribution in [0.15, 0.2) is 48.5 Å². The van der Waals surface area contributed by atoms with E-state index in [4.69, 9.17) is 9.47 Å². The van der Waals surface area contributed by atoms with Crippen LogP contribution in [0.25, 0.3) is 0 Å². The lowest BCUT2D eigenvalue weighted by Crippen LogP contribution is -2.51. The van der Waals surface area contributed by atoms with E-state index in [2.05, 4.69) is 10.9 Å². The van der Waals surface area contributed by atoms with Gasteiger partial charge >= 0.3 is 6.18 Å². The molecule has 2 aromatic carbocycles. The van der Waals surface area contributed by atoms with Gasteiger partial charge in [0, 0.05) is 0 Å². The van der Waals surface area contributed by atoms with Gasteiger partial charge in [0.1, 0.15) is 6.61 Å². The van der Waals surface area contributed by atoms with Crippen molar-refractivity contribution < 1.29 is 32.2 Å². The Morgan fingerprint density at radius 1 is 1.04 bits per heavy atom. The zero-order chi connectivity index (χ0) is 19.4. The average molecular weight is 380 g/mol. The number of hydrazine groups is 1. The van der Waals surface area contributed by atoms with Crippen molar-refractivity contribution in [1.29, 1.82) is 0 Å². The van der Waals surface area contributed by atoms with Crippen molar-refractivity contribution in [2.45, 2.75) is 18.7 Å². The van der Waals surface area contributed by atoms with E-state index in [1.807, 2.05) is 0 Å². The predicted octanol–water partition coefficient (Wildman–Crippen LogP) is 2.24. The molecule has 9 heteroatoms. The highest BCUT2D eigenvalue weighted by Crippen LogP contribution is 2.31. The molecule has 0 bridgehead atoms. The molecule has 0 saturated carbocycles. The van der Waals surface area contributed by atoms with E-state index in [0.29, 0.717) is 11.5 Å². The third-order valence-corrected chi connectivity index (χ3v) is 3.75. The Labute approximate surface area is 152 Å². The molecule has 6 nitrogen and oxygen atoms in total. The Morgan fingerprint density at radius 2 is 1.78 bits per heavy atom. The lowest BCUT2D eigenvalue weighted by molar-refractivity contribution is -0.137. The number of amides is 2. The van der Waals surface area contributed by atoms with Crippen molar-refractivity contribution in [1.82, 2.24) is 10.9 Å². The van der Waals surface area contributed by atoms with Crippen molar-refractivity contribution in [2.24, 2.45) is 0 Å². The fraction of sp³-hybridized carbons (Fsp3) is 0.222. The van der Waals surface area contributed by atoms with Gasteiger partial charge in [0.25, 0.3) is 5.91 Å². The largest absolute Gasteiger partial charge is 0.485 e. The molecule has 0 spiro atoms. The Morgan fingerprint density at radius 3 is 2.52 bits per heavy atom. The number of carbonyl (C=O) groups is 2. The fourth-order valence-electron chi connectivity index (χ4n) is 2.45. The van der Waals surface area contributed by atoms with Gasteiger partial charge < -0.3 is 9.47 Å². The first-order chi connectivity index (χ1) is 12.8. The first kappa shape index (κ1) is 18.6. The highest BCUT2D eigenvalue weighted by Gasteiger charge is 2.30. The molecule has 0 aromatic heterocycles. The van der Waals surface area contributed by atoms with Gasteiger partial charge in [0.2, 0.25) is 12.0 Å². The first-order valence-corrected chi connectivity index (χ1v) is 7.96. The van der Waals surface area contributed by atoms with Gasteiger partial charge in [-0.05, 0) is 23.8 Å². The van der Waals surface area contributed by atoms with E-state index in [1.54, 1.807) is 24.3 Å². The summed E-state index contributed by atoms with van der Waals surface area (Å²) >= 11 is 0. The number of halogens is 3. The van der Waals surface area contributed by atoms with E-state index in [0.717, 1.165) is 12.1 Å². The van der Waals surface area contributed by atoms with Gasteiger partial charge in [0.15, 0.2) is 11.5 Å². The highest BCUT2D eigenvalue weighted by molar-refractivity contribution is 5.86. The number of fused-ring (bicyclic) bond motifs is 1. The van der Waals surface area contributed by atoms with Crippen LogP contribution in [0.3, 0.4) is 0 Å². The molecule has 1 unspecified atom stereocenters. The van der Waals surface area contributed by atoms with E-state index in [-0.39, 0.29) is 18.6 Å². The molecule has 2 N–H and O–H groups in total. The molecule has 0 saturated heterocycles. The van der Waals surface area contributed by atoms with Gasteiger partial charge in [0.05, 0.1) is 12.0 Å². The summed E-state index contributed by atoms with van der Waals surface area (Å²) in [6, 6.07) is 11.2. The molecule has 2 aromatic rings. The summed E-state index contributed by atoms with van der Waals surface area (Å²) in [4.78, 5) is 24.0. The third kappa shape index (κ3) is 4.69. The fourth-order valence-corrected chi connectivity index (χ4v) is 2.45. The van der Waals surface area contributed by atoms with Crippen LogP contribution in [-0.2, 0) is 22.2 Å². The molecular weight excluding hydrogens is 365 g/mol. The van der Waals surface area contributed by atoms with Crippen LogP contribution in [0.4, 0.5) is 13.2 Å². The number of nitrogens with one attached hydrogen (secondary N) is 2. The minimum absolute atomic E-state index is 0.0354. The van der Waals surface area contributed by atoms with Gasteiger partial charge in [-0.1, -0.05) is 30.3 Å². The normalized spacial score (nSPS) is 15.7. The maximum absolute atomic E-state index is 12.7. The lowest BCUT2D eigenvalue weighted by atomic mass is 10.1. The van der Waals surface area contributed by atoms with Crippen molar-refractivity contribution in [3.8, 4) is 11.5 Å². The van der Waals surface area contributed by atoms with Crippen LogP contribution >= 0.6 is 0 Å². The molecule has 142 valence electrons. The van der Waals surface area contributed by atoms with E-state index < -0.39 is 29.7 Å². The zero-order valence-electron chi connectivity index (χ0n) is 13.9. The number of carbonyl (C=O) groups excluding carboxylic acids is 2. The number of ether oxygens (including phenoxy) is 2. The summed E-state index contributed by atoms with van der Waals surface area (Å²) in [5.41, 5.74) is 3.66. The summed E-state index contributed by atoms with van der Waals surface area (Å²) in [6.45, 7) is -0.0354. The maximum atomic E-state index is 12.7. The molecule has 3 rings (SSSR count). The Hall–Kier alpha value is -3.23. The minimum atomic E-state index is -4.49. The number of rotatable bonds is 3. The monoisotopic (exact) mass is 380 g/mol. The standard InChI is InChI=1S/C18H15F3N2O4/c19-18(20,21)12-5-3-4-11(8-12)9-16(24)22-23-17(25)15-10-26-13-6-1-2-7-14(13)27-15/h1-8,15H,9-10H2,(H,22,24)(H,23,25). The SMILES string of the molecule is O=C(Cc1cccc(C(F)(F)F)c1)NNC(=O)C1COc2ccccc2O1. The van der Waals surface area contributed by atoms with Crippen molar-refractivity contribution >= 4 is 11.8 Å². The van der Waals surface area contributed by atoms with Crippen LogP contribution in [0.1, 0.15) is 11.1 Å². The van der Waals surface area contributed by atoms with E-state index in [1.165, 1.54) is 12.1 Å². The maximum Gasteiger partial charge on any atom is 0.416 e. The first-order valence-electron chi connectivity index (χ1n) is 7.96. The highest BCUT2D eigenvalue weighted by atomic mass is 19.4. The Balaban J connectivity index is 1.52. The molecule has 1 heterocycles. The van der Waals surface area contributed by atoms with Gasteiger partial charge in [-0.3, -0.25) is 20.4 Å². The summed E-state index contributed by atoms with van der Waals surface area (Å²) < 4.78 is 48.9. The van der Waals surface area contributed by atoms with Gasteiger partial charge in [-0.15, -0.1) is 0 Å². The summed E-state index contributed by atoms with van der Waals surface area (Å²) in [5, 5.41) is 0. The quantitative estimate of drug-likeness (QED) is 0.801. The van der Waals surface area contributed by atoms with Crippen LogP contribution in [-0.4, -0.2) is 24.5 Å². The molecular formula is C18H15F3N2O4. The van der Waals surface area contributed by atoms with E-state index in [9.17, 15) is 22.8 Å². The summed E-state index contributed by atoms with van der Waals surface area (Å²) in [7, 11) is 0. The van der Waals surface area contributed by atoms with Crippen molar-refractivity contribution in [3.63, 3.8) is 0 Å². The van der Waals surface area contributed by atoms with Gasteiger partial charge in [-0.25, -0.2) is 0 Å². The molecule has 2 amide bonds. The molecule has 27 heavy (non-hydrogen) atoms. The van der Waals surface area contributed by atoms with Crippen LogP contribution in [0, 0.1) is 0 Å². The average Bonchev–Trinajstić information content (AvgIpc) is 2.65. The second-order valence-electron chi connectivity index (χ2n) is 5.78. The van der Waals surface area contributed by atoms with E-state index >= 15 is 0 Å². The third-order valence-electron chi connectivity index (χ3n) is 3.75. The topological polar surface area (TPSA) is 76.7 Å². The zero-order valence-corrected chi connectivity index (χ0v) is 13.9. The summed E-state index contributed by atoms with van der Waals surface area (Å²) in [5.74, 6) is -0.393. The molecule has 1 atom stereocenters. The smallest absolute Gasteiger partial charge is 0.416 e. The Bertz CT molecular complexity index is 854. The number of alkyl halides is 3. The van der Waals surface area contributed by atoms with Crippen molar-refractivity contribution in [2.75, 3.05) is 6.61 Å². The molecule has 1 aliphatic heterocycles. The van der Waals surface area contributed by atoms with Gasteiger partial charge in [-0.2, -0.15) is 13.2 Å². The molecule has 1 aliphatic rings. The lowest BCUT2D eigenvalue weighted by Gasteiger charge is -2.25. The van der Waals surface area contributed by atoms with Crippen LogP contribution < -0.4 is 20.3 Å². The van der Waals surface area contributed by atoms with Crippen LogP contribution in [0.2, 0.25) is 0 Å². The minimum Gasteiger partial charge on any atom is -0.485 e. The number of hydrogen-bond acceptors (Lipinski definition) is 4. The molecule has 0 aliphatic carbocycles. The summed E-state index contributed by atoms with van der Waals surface area (Å²) in [6.07, 6.45) is -5.78. The number of para-hydroxylation sites is 2. The van der Waals surface area contributed by atoms with Crippen LogP contribution in [0.5, 0.6) is 11.5 Å². The molecule has 0 fully saturated rings.